The zero-order valence-corrected chi connectivity index (χ0v) is 27.0. The maximum atomic E-state index is 14.6. The Morgan fingerprint density at radius 1 is 0.848 bits per heavy atom. The standard InChI is InChI=1S/C37H40FN3O4S/c1-27-17-22-34(28(2)23-27)41(46(44,45)33-15-7-4-8-16-33)26-36(42)40(25-30-18-20-31(38)21-19-30)35(24-29-11-5-3-6-12-29)37(43)39-32-13-9-10-14-32/h3-8,11-12,15-23,32,35H,9-10,13-14,24-26H2,1-2H3,(H,39,43)/t35-/m1/s1. The van der Waals surface area contributed by atoms with Crippen LogP contribution in [-0.4, -0.2) is 43.8 Å². The van der Waals surface area contributed by atoms with Crippen LogP contribution in [0.25, 0.3) is 0 Å². The summed E-state index contributed by atoms with van der Waals surface area (Å²) in [5.41, 5.74) is 3.49. The molecular weight excluding hydrogens is 601 g/mol. The smallest absolute Gasteiger partial charge is 0.264 e. The fourth-order valence-electron chi connectivity index (χ4n) is 6.03. The van der Waals surface area contributed by atoms with E-state index in [0.717, 1.165) is 41.1 Å². The maximum Gasteiger partial charge on any atom is 0.264 e. The number of aryl methyl sites for hydroxylation is 2. The number of hydrogen-bond donors (Lipinski definition) is 1. The second-order valence-corrected chi connectivity index (χ2v) is 13.8. The summed E-state index contributed by atoms with van der Waals surface area (Å²) >= 11 is 0. The van der Waals surface area contributed by atoms with Gasteiger partial charge in [-0.1, -0.05) is 91.2 Å². The van der Waals surface area contributed by atoms with Crippen molar-refractivity contribution in [2.45, 2.75) is 69.5 Å². The highest BCUT2D eigenvalue weighted by Crippen LogP contribution is 2.29. The molecule has 0 spiro atoms. The average Bonchev–Trinajstić information content (AvgIpc) is 3.56. The molecule has 1 atom stereocenters. The first-order valence-electron chi connectivity index (χ1n) is 15.6. The minimum absolute atomic E-state index is 0.0127. The minimum atomic E-state index is -4.18. The third kappa shape index (κ3) is 8.01. The second-order valence-electron chi connectivity index (χ2n) is 12.0. The lowest BCUT2D eigenvalue weighted by molar-refractivity contribution is -0.140. The molecule has 1 saturated carbocycles. The number of anilines is 1. The fourth-order valence-corrected chi connectivity index (χ4v) is 7.53. The van der Waals surface area contributed by atoms with Crippen LogP contribution in [0.3, 0.4) is 0 Å². The molecule has 7 nitrogen and oxygen atoms in total. The molecule has 0 unspecified atom stereocenters. The molecule has 0 aromatic heterocycles. The first-order valence-corrected chi connectivity index (χ1v) is 17.1. The monoisotopic (exact) mass is 641 g/mol. The van der Waals surface area contributed by atoms with Crippen molar-refractivity contribution in [1.29, 1.82) is 0 Å². The molecule has 240 valence electrons. The first-order chi connectivity index (χ1) is 22.1. The molecule has 1 aliphatic rings. The van der Waals surface area contributed by atoms with Crippen molar-refractivity contribution in [2.75, 3.05) is 10.8 Å². The lowest BCUT2D eigenvalue weighted by atomic mass is 10.0. The maximum absolute atomic E-state index is 14.6. The van der Waals surface area contributed by atoms with Gasteiger partial charge in [0.05, 0.1) is 10.6 Å². The number of hydrogen-bond acceptors (Lipinski definition) is 4. The van der Waals surface area contributed by atoms with Crippen LogP contribution in [0.4, 0.5) is 10.1 Å². The molecule has 0 radical (unpaired) electrons. The summed E-state index contributed by atoms with van der Waals surface area (Å²) in [4.78, 5) is 30.2. The van der Waals surface area contributed by atoms with E-state index in [-0.39, 0.29) is 29.8 Å². The largest absolute Gasteiger partial charge is 0.352 e. The molecule has 0 aliphatic heterocycles. The van der Waals surface area contributed by atoms with Crippen LogP contribution in [0.5, 0.6) is 0 Å². The molecule has 2 amide bonds. The summed E-state index contributed by atoms with van der Waals surface area (Å²) in [6, 6.07) is 27.7. The Bertz CT molecular complexity index is 1740. The minimum Gasteiger partial charge on any atom is -0.352 e. The lowest BCUT2D eigenvalue weighted by Crippen LogP contribution is -2.54. The normalized spacial score (nSPS) is 14.1. The van der Waals surface area contributed by atoms with E-state index in [1.54, 1.807) is 36.4 Å². The van der Waals surface area contributed by atoms with Gasteiger partial charge in [0.25, 0.3) is 10.0 Å². The molecule has 4 aromatic rings. The molecule has 0 heterocycles. The zero-order valence-electron chi connectivity index (χ0n) is 26.2. The lowest BCUT2D eigenvalue weighted by Gasteiger charge is -2.34. The quantitative estimate of drug-likeness (QED) is 0.196. The van der Waals surface area contributed by atoms with Crippen molar-refractivity contribution in [2.24, 2.45) is 0 Å². The summed E-state index contributed by atoms with van der Waals surface area (Å²) in [7, 11) is -4.18. The third-order valence-corrected chi connectivity index (χ3v) is 10.2. The van der Waals surface area contributed by atoms with E-state index in [9.17, 15) is 22.4 Å². The van der Waals surface area contributed by atoms with E-state index >= 15 is 0 Å². The Morgan fingerprint density at radius 2 is 1.48 bits per heavy atom. The van der Waals surface area contributed by atoms with E-state index in [4.69, 9.17) is 0 Å². The Hall–Kier alpha value is -4.50. The highest BCUT2D eigenvalue weighted by molar-refractivity contribution is 7.92. The van der Waals surface area contributed by atoms with Gasteiger partial charge in [-0.05, 0) is 73.7 Å². The summed E-state index contributed by atoms with van der Waals surface area (Å²) in [6.07, 6.45) is 4.00. The van der Waals surface area contributed by atoms with Gasteiger partial charge in [0.1, 0.15) is 18.4 Å². The number of halogens is 1. The van der Waals surface area contributed by atoms with Crippen LogP contribution in [-0.2, 0) is 32.6 Å². The number of carbonyl (C=O) groups is 2. The number of carbonyl (C=O) groups excluding carboxylic acids is 2. The van der Waals surface area contributed by atoms with Gasteiger partial charge < -0.3 is 10.2 Å². The molecule has 5 rings (SSSR count). The molecule has 1 aliphatic carbocycles. The van der Waals surface area contributed by atoms with Gasteiger partial charge in [-0.25, -0.2) is 12.8 Å². The van der Waals surface area contributed by atoms with Gasteiger partial charge >= 0.3 is 0 Å². The number of amides is 2. The Morgan fingerprint density at radius 3 is 2.11 bits per heavy atom. The van der Waals surface area contributed by atoms with Crippen molar-refractivity contribution in [1.82, 2.24) is 10.2 Å². The zero-order chi connectivity index (χ0) is 32.7. The highest BCUT2D eigenvalue weighted by atomic mass is 32.2. The number of sulfonamides is 1. The van der Waals surface area contributed by atoms with Crippen molar-refractivity contribution in [3.63, 3.8) is 0 Å². The number of nitrogens with zero attached hydrogens (tertiary/aromatic N) is 2. The average molecular weight is 642 g/mol. The molecule has 46 heavy (non-hydrogen) atoms. The molecule has 1 N–H and O–H groups in total. The number of nitrogens with one attached hydrogen (secondary N) is 1. The van der Waals surface area contributed by atoms with Crippen molar-refractivity contribution >= 4 is 27.5 Å². The van der Waals surface area contributed by atoms with Gasteiger partial charge in [-0.15, -0.1) is 0 Å². The van der Waals surface area contributed by atoms with Crippen LogP contribution < -0.4 is 9.62 Å². The van der Waals surface area contributed by atoms with Gasteiger partial charge in [-0.3, -0.25) is 13.9 Å². The second kappa shape index (κ2) is 14.7. The SMILES string of the molecule is Cc1ccc(N(CC(=O)N(Cc2ccc(F)cc2)[C@H](Cc2ccccc2)C(=O)NC2CCCC2)S(=O)(=O)c2ccccc2)c(C)c1. The predicted molar refractivity (Wildman–Crippen MR) is 178 cm³/mol. The van der Waals surface area contributed by atoms with Crippen molar-refractivity contribution < 1.29 is 22.4 Å². The van der Waals surface area contributed by atoms with Crippen molar-refractivity contribution in [3.8, 4) is 0 Å². The molecule has 1 fully saturated rings. The molecular formula is C37H40FN3O4S. The Kier molecular flexibility index (Phi) is 10.5. The van der Waals surface area contributed by atoms with E-state index < -0.39 is 34.3 Å². The molecule has 4 aromatic carbocycles. The van der Waals surface area contributed by atoms with Gasteiger partial charge in [0.15, 0.2) is 0 Å². The van der Waals surface area contributed by atoms with Gasteiger partial charge in [-0.2, -0.15) is 0 Å². The summed E-state index contributed by atoms with van der Waals surface area (Å²) < 4.78 is 43.4. The summed E-state index contributed by atoms with van der Waals surface area (Å²) in [5.74, 6) is -1.27. The topological polar surface area (TPSA) is 86.8 Å². The van der Waals surface area contributed by atoms with Gasteiger partial charge in [0.2, 0.25) is 11.8 Å². The van der Waals surface area contributed by atoms with E-state index in [2.05, 4.69) is 5.32 Å². The van der Waals surface area contributed by atoms with E-state index in [1.807, 2.05) is 56.3 Å². The van der Waals surface area contributed by atoms with Crippen LogP contribution >= 0.6 is 0 Å². The Labute approximate surface area is 271 Å². The fraction of sp³-hybridized carbons (Fsp3) is 0.297. The third-order valence-electron chi connectivity index (χ3n) is 8.47. The van der Waals surface area contributed by atoms with E-state index in [1.165, 1.54) is 29.2 Å². The first kappa shape index (κ1) is 32.9. The summed E-state index contributed by atoms with van der Waals surface area (Å²) in [5, 5.41) is 3.16. The van der Waals surface area contributed by atoms with Gasteiger partial charge in [0, 0.05) is 19.0 Å². The van der Waals surface area contributed by atoms with Crippen LogP contribution in [0.2, 0.25) is 0 Å². The van der Waals surface area contributed by atoms with E-state index in [0.29, 0.717) is 16.8 Å². The Balaban J connectivity index is 1.57. The summed E-state index contributed by atoms with van der Waals surface area (Å²) in [6.45, 7) is 3.18. The number of benzene rings is 4. The van der Waals surface area contributed by atoms with Crippen LogP contribution in [0, 0.1) is 19.7 Å². The molecule has 9 heteroatoms. The molecule has 0 saturated heterocycles. The predicted octanol–water partition coefficient (Wildman–Crippen LogP) is 6.34. The highest BCUT2D eigenvalue weighted by Gasteiger charge is 2.36. The number of rotatable bonds is 12. The van der Waals surface area contributed by atoms with Crippen LogP contribution in [0.1, 0.15) is 47.9 Å². The molecule has 0 bridgehead atoms. The van der Waals surface area contributed by atoms with Crippen LogP contribution in [0.15, 0.2) is 108 Å². The van der Waals surface area contributed by atoms with Crippen molar-refractivity contribution in [3.05, 3.63) is 131 Å².